The fourth-order valence-electron chi connectivity index (χ4n) is 4.15. The summed E-state index contributed by atoms with van der Waals surface area (Å²) in [6, 6.07) is 11.1. The monoisotopic (exact) mass is 349 g/mol. The second-order valence-electron chi connectivity index (χ2n) is 7.44. The van der Waals surface area contributed by atoms with Gasteiger partial charge in [0, 0.05) is 24.6 Å². The van der Waals surface area contributed by atoms with Crippen molar-refractivity contribution in [2.75, 3.05) is 6.54 Å². The van der Waals surface area contributed by atoms with Gasteiger partial charge in [0.1, 0.15) is 5.82 Å². The van der Waals surface area contributed by atoms with Crippen LogP contribution in [0, 0.1) is 0 Å². The van der Waals surface area contributed by atoms with Gasteiger partial charge in [0.05, 0.1) is 5.69 Å². The molecule has 1 aliphatic heterocycles. The van der Waals surface area contributed by atoms with Crippen LogP contribution < -0.4 is 10.9 Å². The van der Waals surface area contributed by atoms with Crippen LogP contribution >= 0.6 is 0 Å². The summed E-state index contributed by atoms with van der Waals surface area (Å²) in [5, 5.41) is 3.60. The fraction of sp³-hybridized carbons (Fsp3) is 0.455. The van der Waals surface area contributed by atoms with Crippen molar-refractivity contribution in [2.45, 2.75) is 57.4 Å². The summed E-state index contributed by atoms with van der Waals surface area (Å²) in [5.74, 6) is 0.866. The Balaban J connectivity index is 1.33. The molecule has 2 heterocycles. The molecular formula is C22H27N3O. The van der Waals surface area contributed by atoms with E-state index in [2.05, 4.69) is 46.7 Å². The molecular weight excluding hydrogens is 322 g/mol. The molecule has 4 rings (SSSR count). The van der Waals surface area contributed by atoms with E-state index in [0.29, 0.717) is 6.04 Å². The van der Waals surface area contributed by atoms with Gasteiger partial charge in [-0.05, 0) is 56.1 Å². The lowest BCUT2D eigenvalue weighted by atomic mass is 9.93. The predicted molar refractivity (Wildman–Crippen MR) is 105 cm³/mol. The van der Waals surface area contributed by atoms with E-state index >= 15 is 0 Å². The SMILES string of the molecule is O=c1[nH]c(CCCC2CC(c3ccccc3)=CCN2)nc2c1CCCC2. The molecule has 0 bridgehead atoms. The van der Waals surface area contributed by atoms with E-state index in [1.165, 1.54) is 11.1 Å². The van der Waals surface area contributed by atoms with Crippen LogP contribution in [0.5, 0.6) is 0 Å². The Hall–Kier alpha value is -2.20. The van der Waals surface area contributed by atoms with E-state index in [9.17, 15) is 4.79 Å². The maximum absolute atomic E-state index is 12.2. The van der Waals surface area contributed by atoms with E-state index in [1.807, 2.05) is 0 Å². The first-order valence-corrected chi connectivity index (χ1v) is 9.88. The van der Waals surface area contributed by atoms with Gasteiger partial charge < -0.3 is 10.3 Å². The second-order valence-corrected chi connectivity index (χ2v) is 7.44. The minimum atomic E-state index is 0.0924. The fourth-order valence-corrected chi connectivity index (χ4v) is 4.15. The maximum Gasteiger partial charge on any atom is 0.254 e. The van der Waals surface area contributed by atoms with E-state index in [0.717, 1.165) is 75.0 Å². The van der Waals surface area contributed by atoms with Crippen LogP contribution in [0.4, 0.5) is 0 Å². The highest BCUT2D eigenvalue weighted by Crippen LogP contribution is 2.24. The van der Waals surface area contributed by atoms with Crippen molar-refractivity contribution in [3.05, 3.63) is 69.4 Å². The molecule has 26 heavy (non-hydrogen) atoms. The number of benzene rings is 1. The third-order valence-corrected chi connectivity index (χ3v) is 5.57. The summed E-state index contributed by atoms with van der Waals surface area (Å²) < 4.78 is 0. The van der Waals surface area contributed by atoms with E-state index in [1.54, 1.807) is 0 Å². The quantitative estimate of drug-likeness (QED) is 0.870. The summed E-state index contributed by atoms with van der Waals surface area (Å²) in [6.45, 7) is 0.933. The van der Waals surface area contributed by atoms with Gasteiger partial charge in [-0.1, -0.05) is 36.4 Å². The first kappa shape index (κ1) is 17.2. The van der Waals surface area contributed by atoms with Gasteiger partial charge >= 0.3 is 0 Å². The Kier molecular flexibility index (Phi) is 5.30. The molecule has 2 N–H and O–H groups in total. The third-order valence-electron chi connectivity index (χ3n) is 5.57. The smallest absolute Gasteiger partial charge is 0.254 e. The lowest BCUT2D eigenvalue weighted by Gasteiger charge is -2.24. The highest BCUT2D eigenvalue weighted by molar-refractivity contribution is 5.66. The topological polar surface area (TPSA) is 57.8 Å². The summed E-state index contributed by atoms with van der Waals surface area (Å²) in [4.78, 5) is 20.0. The van der Waals surface area contributed by atoms with Crippen molar-refractivity contribution in [2.24, 2.45) is 0 Å². The summed E-state index contributed by atoms with van der Waals surface area (Å²) >= 11 is 0. The number of aromatic nitrogens is 2. The molecule has 0 spiro atoms. The Morgan fingerprint density at radius 1 is 1.12 bits per heavy atom. The van der Waals surface area contributed by atoms with Crippen molar-refractivity contribution in [3.63, 3.8) is 0 Å². The van der Waals surface area contributed by atoms with Crippen molar-refractivity contribution >= 4 is 5.57 Å². The zero-order valence-corrected chi connectivity index (χ0v) is 15.3. The average Bonchev–Trinajstić information content (AvgIpc) is 2.69. The number of aromatic amines is 1. The van der Waals surface area contributed by atoms with Crippen LogP contribution in [0.25, 0.3) is 5.57 Å². The number of rotatable bonds is 5. The number of fused-ring (bicyclic) bond motifs is 1. The minimum absolute atomic E-state index is 0.0924. The number of nitrogens with one attached hydrogen (secondary N) is 2. The summed E-state index contributed by atoms with van der Waals surface area (Å²) in [5.41, 5.74) is 4.83. The zero-order valence-electron chi connectivity index (χ0n) is 15.3. The predicted octanol–water partition coefficient (Wildman–Crippen LogP) is 3.42. The van der Waals surface area contributed by atoms with Crippen LogP contribution in [0.3, 0.4) is 0 Å². The number of nitrogens with zero attached hydrogens (tertiary/aromatic N) is 1. The number of H-pyrrole nitrogens is 1. The molecule has 0 saturated carbocycles. The molecule has 1 aromatic heterocycles. The lowest BCUT2D eigenvalue weighted by molar-refractivity contribution is 0.482. The van der Waals surface area contributed by atoms with Crippen molar-refractivity contribution in [1.29, 1.82) is 0 Å². The summed E-state index contributed by atoms with van der Waals surface area (Å²) in [7, 11) is 0. The van der Waals surface area contributed by atoms with Crippen molar-refractivity contribution < 1.29 is 0 Å². The molecule has 2 aliphatic rings. The minimum Gasteiger partial charge on any atom is -0.310 e. The Morgan fingerprint density at radius 2 is 1.96 bits per heavy atom. The van der Waals surface area contributed by atoms with Crippen LogP contribution in [-0.4, -0.2) is 22.6 Å². The largest absolute Gasteiger partial charge is 0.310 e. The van der Waals surface area contributed by atoms with Crippen molar-refractivity contribution in [1.82, 2.24) is 15.3 Å². The lowest BCUT2D eigenvalue weighted by Crippen LogP contribution is -2.33. The first-order chi connectivity index (χ1) is 12.8. The molecule has 0 fully saturated rings. The molecule has 1 aliphatic carbocycles. The van der Waals surface area contributed by atoms with Gasteiger partial charge in [-0.15, -0.1) is 0 Å². The molecule has 0 radical (unpaired) electrons. The molecule has 2 aromatic rings. The van der Waals surface area contributed by atoms with Gasteiger partial charge in [-0.3, -0.25) is 4.79 Å². The molecule has 1 atom stereocenters. The molecule has 4 nitrogen and oxygen atoms in total. The Labute approximate surface area is 154 Å². The van der Waals surface area contributed by atoms with Crippen LogP contribution in [0.2, 0.25) is 0 Å². The van der Waals surface area contributed by atoms with Gasteiger partial charge in [0.25, 0.3) is 5.56 Å². The van der Waals surface area contributed by atoms with E-state index in [-0.39, 0.29) is 5.56 Å². The van der Waals surface area contributed by atoms with Gasteiger partial charge in [-0.2, -0.15) is 0 Å². The Morgan fingerprint density at radius 3 is 2.85 bits per heavy atom. The van der Waals surface area contributed by atoms with Crippen LogP contribution in [0.15, 0.2) is 41.2 Å². The summed E-state index contributed by atoms with van der Waals surface area (Å²) in [6.07, 6.45) is 10.5. The highest BCUT2D eigenvalue weighted by atomic mass is 16.1. The van der Waals surface area contributed by atoms with E-state index < -0.39 is 0 Å². The number of hydrogen-bond acceptors (Lipinski definition) is 3. The molecule has 1 aromatic carbocycles. The van der Waals surface area contributed by atoms with Crippen LogP contribution in [-0.2, 0) is 19.3 Å². The Bertz CT molecular complexity index is 838. The van der Waals surface area contributed by atoms with Crippen molar-refractivity contribution in [3.8, 4) is 0 Å². The van der Waals surface area contributed by atoms with Gasteiger partial charge in [-0.25, -0.2) is 4.98 Å². The second kappa shape index (κ2) is 8.00. The first-order valence-electron chi connectivity index (χ1n) is 9.88. The zero-order chi connectivity index (χ0) is 17.8. The van der Waals surface area contributed by atoms with Gasteiger partial charge in [0.15, 0.2) is 0 Å². The molecule has 1 unspecified atom stereocenters. The van der Waals surface area contributed by atoms with Gasteiger partial charge in [0.2, 0.25) is 0 Å². The molecule has 4 heteroatoms. The number of aryl methyl sites for hydroxylation is 2. The average molecular weight is 349 g/mol. The highest BCUT2D eigenvalue weighted by Gasteiger charge is 2.17. The molecule has 0 amide bonds. The maximum atomic E-state index is 12.2. The third kappa shape index (κ3) is 3.96. The van der Waals surface area contributed by atoms with Crippen LogP contribution in [0.1, 0.15) is 54.7 Å². The molecule has 136 valence electrons. The van der Waals surface area contributed by atoms with E-state index in [4.69, 9.17) is 4.98 Å². The number of hydrogen-bond donors (Lipinski definition) is 2. The standard InChI is InChI=1S/C22H27N3O/c26-22-19-10-4-5-11-20(19)24-21(25-22)12-6-9-18-15-17(13-14-23-18)16-7-2-1-3-8-16/h1-3,7-8,13,18,23H,4-6,9-12,14-15H2,(H,24,25,26). The molecule has 0 saturated heterocycles. The normalized spacial score (nSPS) is 19.7.